The first-order valence-electron chi connectivity index (χ1n) is 3.70. The number of rotatable bonds is 2. The van der Waals surface area contributed by atoms with Crippen LogP contribution in [0, 0.1) is 0 Å². The van der Waals surface area contributed by atoms with E-state index in [4.69, 9.17) is 16.7 Å². The first kappa shape index (κ1) is 8.74. The third-order valence-electron chi connectivity index (χ3n) is 1.63. The van der Waals surface area contributed by atoms with E-state index < -0.39 is 0 Å². The zero-order valence-electron chi connectivity index (χ0n) is 6.62. The van der Waals surface area contributed by atoms with E-state index in [2.05, 4.69) is 10.2 Å². The lowest BCUT2D eigenvalue weighted by atomic mass is 10.3. The van der Waals surface area contributed by atoms with Crippen molar-refractivity contribution in [2.45, 2.75) is 6.61 Å². The molecule has 0 aliphatic rings. The summed E-state index contributed by atoms with van der Waals surface area (Å²) in [7, 11) is 0. The highest BCUT2D eigenvalue weighted by Crippen LogP contribution is 2.29. The van der Waals surface area contributed by atoms with Gasteiger partial charge in [0, 0.05) is 0 Å². The summed E-state index contributed by atoms with van der Waals surface area (Å²) in [6.07, 6.45) is 0. The van der Waals surface area contributed by atoms with E-state index in [9.17, 15) is 0 Å². The van der Waals surface area contributed by atoms with Crippen LogP contribution in [0.5, 0.6) is 0 Å². The second-order valence-corrected chi connectivity index (χ2v) is 4.26. The SMILES string of the molecule is OCc1cc(-c2ccc(Cl)s2)n[nH]1. The summed E-state index contributed by atoms with van der Waals surface area (Å²) in [6.45, 7) is -0.0217. The number of hydrogen-bond acceptors (Lipinski definition) is 3. The average molecular weight is 215 g/mol. The molecule has 0 saturated carbocycles. The highest BCUT2D eigenvalue weighted by molar-refractivity contribution is 7.19. The molecule has 0 bridgehead atoms. The largest absolute Gasteiger partial charge is 0.390 e. The highest BCUT2D eigenvalue weighted by atomic mass is 35.5. The van der Waals surface area contributed by atoms with Crippen molar-refractivity contribution in [1.82, 2.24) is 10.2 Å². The van der Waals surface area contributed by atoms with Gasteiger partial charge in [-0.1, -0.05) is 11.6 Å². The normalized spacial score (nSPS) is 10.6. The number of hydrogen-bond donors (Lipinski definition) is 2. The molecule has 2 rings (SSSR count). The van der Waals surface area contributed by atoms with Gasteiger partial charge in [-0.05, 0) is 18.2 Å². The maximum atomic E-state index is 8.81. The second kappa shape index (κ2) is 3.49. The minimum atomic E-state index is -0.0217. The van der Waals surface area contributed by atoms with Crippen molar-refractivity contribution < 1.29 is 5.11 Å². The minimum absolute atomic E-state index is 0.0217. The number of aliphatic hydroxyl groups is 1. The van der Waals surface area contributed by atoms with Crippen molar-refractivity contribution in [2.75, 3.05) is 0 Å². The Morgan fingerprint density at radius 2 is 2.38 bits per heavy atom. The fourth-order valence-corrected chi connectivity index (χ4v) is 2.02. The molecule has 2 aromatic rings. The highest BCUT2D eigenvalue weighted by Gasteiger charge is 2.05. The molecule has 2 N–H and O–H groups in total. The summed E-state index contributed by atoms with van der Waals surface area (Å²) in [5.74, 6) is 0. The van der Waals surface area contributed by atoms with E-state index in [-0.39, 0.29) is 6.61 Å². The standard InChI is InChI=1S/C8H7ClN2OS/c9-8-2-1-7(13-8)6-3-5(4-12)10-11-6/h1-3,12H,4H2,(H,10,11). The molecule has 0 atom stereocenters. The summed E-state index contributed by atoms with van der Waals surface area (Å²) in [4.78, 5) is 1.00. The van der Waals surface area contributed by atoms with Gasteiger partial charge in [0.1, 0.15) is 5.69 Å². The zero-order chi connectivity index (χ0) is 9.26. The molecule has 0 radical (unpaired) electrons. The molecule has 0 aliphatic heterocycles. The number of thiophene rings is 1. The Morgan fingerprint density at radius 1 is 1.54 bits per heavy atom. The van der Waals surface area contributed by atoms with Crippen molar-refractivity contribution >= 4 is 22.9 Å². The minimum Gasteiger partial charge on any atom is -0.390 e. The number of aromatic amines is 1. The van der Waals surface area contributed by atoms with Gasteiger partial charge in [-0.25, -0.2) is 0 Å². The Bertz CT molecular complexity index is 410. The van der Waals surface area contributed by atoms with E-state index in [0.717, 1.165) is 14.9 Å². The lowest BCUT2D eigenvalue weighted by Gasteiger charge is -1.84. The van der Waals surface area contributed by atoms with Gasteiger partial charge in [0.2, 0.25) is 0 Å². The van der Waals surface area contributed by atoms with Gasteiger partial charge < -0.3 is 5.11 Å². The number of aliphatic hydroxyl groups excluding tert-OH is 1. The number of halogens is 1. The molecule has 68 valence electrons. The van der Waals surface area contributed by atoms with E-state index in [0.29, 0.717) is 5.69 Å². The fourth-order valence-electron chi connectivity index (χ4n) is 1.02. The quantitative estimate of drug-likeness (QED) is 0.806. The van der Waals surface area contributed by atoms with Crippen molar-refractivity contribution in [3.05, 3.63) is 28.2 Å². The molecule has 5 heteroatoms. The lowest BCUT2D eigenvalue weighted by Crippen LogP contribution is -1.79. The second-order valence-electron chi connectivity index (χ2n) is 2.54. The number of H-pyrrole nitrogens is 1. The van der Waals surface area contributed by atoms with Crippen LogP contribution >= 0.6 is 22.9 Å². The summed E-state index contributed by atoms with van der Waals surface area (Å²) in [6, 6.07) is 5.54. The molecule has 0 saturated heterocycles. The predicted molar refractivity (Wildman–Crippen MR) is 52.8 cm³/mol. The lowest BCUT2D eigenvalue weighted by molar-refractivity contribution is 0.276. The van der Waals surface area contributed by atoms with Crippen molar-refractivity contribution in [1.29, 1.82) is 0 Å². The predicted octanol–water partition coefficient (Wildman–Crippen LogP) is 2.28. The zero-order valence-corrected chi connectivity index (χ0v) is 8.19. The summed E-state index contributed by atoms with van der Waals surface area (Å²) < 4.78 is 0.739. The van der Waals surface area contributed by atoms with Gasteiger partial charge in [-0.3, -0.25) is 5.10 Å². The molecule has 13 heavy (non-hydrogen) atoms. The smallest absolute Gasteiger partial charge is 0.102 e. The van der Waals surface area contributed by atoms with Gasteiger partial charge in [0.25, 0.3) is 0 Å². The van der Waals surface area contributed by atoms with Gasteiger partial charge in [0.05, 0.1) is 21.5 Å². The Hall–Kier alpha value is -0.840. The van der Waals surface area contributed by atoms with E-state index in [1.165, 1.54) is 11.3 Å². The summed E-state index contributed by atoms with van der Waals surface area (Å²) in [5, 5.41) is 15.6. The van der Waals surface area contributed by atoms with Crippen LogP contribution in [0.25, 0.3) is 10.6 Å². The van der Waals surface area contributed by atoms with Crippen LogP contribution in [-0.4, -0.2) is 15.3 Å². The van der Waals surface area contributed by atoms with E-state index in [1.807, 2.05) is 18.2 Å². The molecule has 2 heterocycles. The Labute approximate surface area is 84.0 Å². The van der Waals surface area contributed by atoms with Gasteiger partial charge >= 0.3 is 0 Å². The van der Waals surface area contributed by atoms with Crippen LogP contribution in [0.1, 0.15) is 5.69 Å². The van der Waals surface area contributed by atoms with Crippen LogP contribution in [0.2, 0.25) is 4.34 Å². The van der Waals surface area contributed by atoms with E-state index >= 15 is 0 Å². The molecule has 2 aromatic heterocycles. The van der Waals surface area contributed by atoms with Crippen LogP contribution in [0.4, 0.5) is 0 Å². The number of nitrogens with one attached hydrogen (secondary N) is 1. The van der Waals surface area contributed by atoms with Crippen molar-refractivity contribution in [2.24, 2.45) is 0 Å². The Balaban J connectivity index is 2.35. The van der Waals surface area contributed by atoms with E-state index in [1.54, 1.807) is 0 Å². The van der Waals surface area contributed by atoms with Crippen LogP contribution < -0.4 is 0 Å². The topological polar surface area (TPSA) is 48.9 Å². The van der Waals surface area contributed by atoms with Crippen LogP contribution in [-0.2, 0) is 6.61 Å². The molecule has 0 spiro atoms. The fraction of sp³-hybridized carbons (Fsp3) is 0.125. The van der Waals surface area contributed by atoms with Gasteiger partial charge in [-0.15, -0.1) is 11.3 Å². The molecule has 0 aliphatic carbocycles. The first-order chi connectivity index (χ1) is 6.29. The molecule has 0 unspecified atom stereocenters. The van der Waals surface area contributed by atoms with Crippen LogP contribution in [0.15, 0.2) is 18.2 Å². The number of aromatic nitrogens is 2. The molecule has 0 amide bonds. The molecule has 3 nitrogen and oxygen atoms in total. The Kier molecular flexibility index (Phi) is 2.35. The third kappa shape index (κ3) is 1.75. The van der Waals surface area contributed by atoms with Crippen molar-refractivity contribution in [3.8, 4) is 10.6 Å². The number of nitrogens with zero attached hydrogens (tertiary/aromatic N) is 1. The average Bonchev–Trinajstić information content (AvgIpc) is 2.71. The monoisotopic (exact) mass is 214 g/mol. The van der Waals surface area contributed by atoms with Gasteiger partial charge in [0.15, 0.2) is 0 Å². The van der Waals surface area contributed by atoms with Gasteiger partial charge in [-0.2, -0.15) is 5.10 Å². The maximum absolute atomic E-state index is 8.81. The van der Waals surface area contributed by atoms with Crippen LogP contribution in [0.3, 0.4) is 0 Å². The maximum Gasteiger partial charge on any atom is 0.102 e. The summed E-state index contributed by atoms with van der Waals surface area (Å²) >= 11 is 7.25. The third-order valence-corrected chi connectivity index (χ3v) is 2.88. The molecule has 0 fully saturated rings. The molecular formula is C8H7ClN2OS. The van der Waals surface area contributed by atoms with Crippen molar-refractivity contribution in [3.63, 3.8) is 0 Å². The Morgan fingerprint density at radius 3 is 2.92 bits per heavy atom. The first-order valence-corrected chi connectivity index (χ1v) is 4.90. The molecule has 0 aromatic carbocycles. The summed E-state index contributed by atoms with van der Waals surface area (Å²) in [5.41, 5.74) is 1.53. The molecular weight excluding hydrogens is 208 g/mol.